The topological polar surface area (TPSA) is 203 Å². The van der Waals surface area contributed by atoms with Gasteiger partial charge in [-0.05, 0) is 37.0 Å². The third-order valence-electron chi connectivity index (χ3n) is 7.26. The number of hydrogen-bond donors (Lipinski definition) is 3. The van der Waals surface area contributed by atoms with Crippen LogP contribution in [0.5, 0.6) is 5.75 Å². The van der Waals surface area contributed by atoms with Crippen LogP contribution in [0.25, 0.3) is 0 Å². The van der Waals surface area contributed by atoms with E-state index in [0.29, 0.717) is 24.2 Å². The summed E-state index contributed by atoms with van der Waals surface area (Å²) in [5, 5.41) is 2.56. The van der Waals surface area contributed by atoms with Gasteiger partial charge in [-0.1, -0.05) is 52.2 Å². The maximum absolute atomic E-state index is 14.0. The molecule has 0 saturated carbocycles. The molecule has 3 unspecified atom stereocenters. The van der Waals surface area contributed by atoms with Crippen molar-refractivity contribution in [3.05, 3.63) is 52.5 Å². The second kappa shape index (κ2) is 18.4. The quantitative estimate of drug-likeness (QED) is 0.101. The van der Waals surface area contributed by atoms with Crippen molar-refractivity contribution in [2.75, 3.05) is 13.3 Å². The molecule has 0 saturated heterocycles. The van der Waals surface area contributed by atoms with Crippen molar-refractivity contribution in [2.24, 2.45) is 11.8 Å². The first kappa shape index (κ1) is 37.6. The molecule has 15 heteroatoms. The zero-order chi connectivity index (χ0) is 33.6. The van der Waals surface area contributed by atoms with E-state index in [-0.39, 0.29) is 49.9 Å². The minimum absolute atomic E-state index is 0.0208. The third kappa shape index (κ3) is 13.5. The van der Waals surface area contributed by atoms with Crippen LogP contribution in [0.2, 0.25) is 0 Å². The van der Waals surface area contributed by atoms with E-state index in [4.69, 9.17) is 13.7 Å². The molecular formula is C30H43N2O12P. The highest BCUT2D eigenvalue weighted by Crippen LogP contribution is 2.36. The van der Waals surface area contributed by atoms with E-state index < -0.39 is 49.9 Å². The number of unbranched alkanes of at least 4 members (excludes halogenated alkanes) is 2. The smallest absolute Gasteiger partial charge is 0.486 e. The summed E-state index contributed by atoms with van der Waals surface area (Å²) >= 11 is 0. The summed E-state index contributed by atoms with van der Waals surface area (Å²) in [5.41, 5.74) is 0.583. The summed E-state index contributed by atoms with van der Waals surface area (Å²) in [7, 11) is -5.02. The lowest BCUT2D eigenvalue weighted by Gasteiger charge is -2.32. The molecule has 0 bridgehead atoms. The molecule has 2 amide bonds. The molecule has 0 radical (unpaired) electrons. The molecule has 2 aromatic rings. The van der Waals surface area contributed by atoms with Crippen LogP contribution in [0, 0.1) is 11.8 Å². The summed E-state index contributed by atoms with van der Waals surface area (Å²) in [4.78, 5) is 82.8. The van der Waals surface area contributed by atoms with Gasteiger partial charge in [0.05, 0.1) is 12.6 Å². The number of hydrogen-bond acceptors (Lipinski definition) is 10. The Hall–Kier alpha value is -3.58. The molecule has 0 aliphatic heterocycles. The number of phosphoric acid groups is 1. The zero-order valence-corrected chi connectivity index (χ0v) is 27.0. The van der Waals surface area contributed by atoms with Crippen LogP contribution in [-0.4, -0.2) is 57.4 Å². The minimum Gasteiger partial charge on any atom is -0.486 e. The van der Waals surface area contributed by atoms with E-state index in [9.17, 15) is 38.3 Å². The molecule has 1 aromatic heterocycles. The van der Waals surface area contributed by atoms with Gasteiger partial charge < -0.3 is 33.6 Å². The Kier molecular flexibility index (Phi) is 15.4. The van der Waals surface area contributed by atoms with E-state index in [1.165, 1.54) is 6.92 Å². The number of benzene rings is 1. The van der Waals surface area contributed by atoms with Gasteiger partial charge in [-0.25, -0.2) is 9.36 Å². The highest BCUT2D eigenvalue weighted by molar-refractivity contribution is 7.46. The fourth-order valence-corrected chi connectivity index (χ4v) is 4.78. The minimum atomic E-state index is -5.02. The van der Waals surface area contributed by atoms with Crippen LogP contribution in [-0.2, 0) is 41.3 Å². The molecule has 1 heterocycles. The van der Waals surface area contributed by atoms with E-state index in [2.05, 4.69) is 9.73 Å². The Morgan fingerprint density at radius 2 is 1.78 bits per heavy atom. The van der Waals surface area contributed by atoms with E-state index in [1.807, 2.05) is 13.8 Å². The van der Waals surface area contributed by atoms with Gasteiger partial charge in [0.2, 0.25) is 11.8 Å². The highest BCUT2D eigenvalue weighted by atomic mass is 31.2. The maximum Gasteiger partial charge on any atom is 0.518 e. The van der Waals surface area contributed by atoms with Crippen LogP contribution in [0.15, 0.2) is 44.2 Å². The largest absolute Gasteiger partial charge is 0.518 e. The summed E-state index contributed by atoms with van der Waals surface area (Å²) < 4.78 is 31.3. The van der Waals surface area contributed by atoms with Gasteiger partial charge in [0.25, 0.3) is 0 Å². The molecule has 3 N–H and O–H groups in total. The SMILES string of the molecule is CCCCCC(=O)N(COP(=O)(O)O)C(Cc1ccc(OCc2coc(=O)o2)cc1)C(=O)CC(C(=O)NCC(C)=O)C(C)CC. The van der Waals surface area contributed by atoms with Crippen molar-refractivity contribution < 1.29 is 51.6 Å². The molecule has 14 nitrogen and oxygen atoms in total. The van der Waals surface area contributed by atoms with E-state index in [0.717, 1.165) is 24.0 Å². The Morgan fingerprint density at radius 3 is 2.33 bits per heavy atom. The molecule has 250 valence electrons. The van der Waals surface area contributed by atoms with Gasteiger partial charge >= 0.3 is 13.6 Å². The van der Waals surface area contributed by atoms with Crippen molar-refractivity contribution in [1.82, 2.24) is 10.2 Å². The number of nitrogens with one attached hydrogen (secondary N) is 1. The average molecular weight is 655 g/mol. The molecule has 0 fully saturated rings. The normalized spacial score (nSPS) is 13.5. The highest BCUT2D eigenvalue weighted by Gasteiger charge is 2.35. The lowest BCUT2D eigenvalue weighted by molar-refractivity contribution is -0.144. The average Bonchev–Trinajstić information content (AvgIpc) is 3.41. The van der Waals surface area contributed by atoms with Crippen molar-refractivity contribution in [3.8, 4) is 5.75 Å². The standard InChI is InChI=1S/C30H43N2O12P/c1-5-7-8-9-28(35)32(19-43-45(38,39)40)26(27(34)15-25(20(3)6-2)29(36)31-16-21(4)33)14-22-10-12-23(13-11-22)41-17-24-18-42-30(37)44-24/h10-13,18,20,25-26H,5-9,14-17,19H2,1-4H3,(H,31,36)(H2,38,39,40). The summed E-state index contributed by atoms with van der Waals surface area (Å²) in [6, 6.07) is 5.27. The summed E-state index contributed by atoms with van der Waals surface area (Å²) in [6.07, 6.45) is 3.42. The number of phosphoric ester groups is 1. The lowest BCUT2D eigenvalue weighted by Crippen LogP contribution is -2.49. The van der Waals surface area contributed by atoms with Crippen LogP contribution in [0.1, 0.15) is 77.5 Å². The molecular weight excluding hydrogens is 611 g/mol. The molecule has 0 aliphatic carbocycles. The van der Waals surface area contributed by atoms with Crippen molar-refractivity contribution in [2.45, 2.75) is 85.3 Å². The van der Waals surface area contributed by atoms with Crippen molar-refractivity contribution >= 4 is 31.2 Å². The lowest BCUT2D eigenvalue weighted by atomic mass is 9.84. The van der Waals surface area contributed by atoms with Gasteiger partial charge in [-0.3, -0.25) is 23.7 Å². The van der Waals surface area contributed by atoms with Gasteiger partial charge in [-0.15, -0.1) is 0 Å². The number of amides is 2. The monoisotopic (exact) mass is 654 g/mol. The predicted molar refractivity (Wildman–Crippen MR) is 161 cm³/mol. The summed E-state index contributed by atoms with van der Waals surface area (Å²) in [6.45, 7) is 5.84. The van der Waals surface area contributed by atoms with E-state index >= 15 is 0 Å². The number of carbonyl (C=O) groups excluding carboxylic acids is 4. The molecule has 0 aliphatic rings. The van der Waals surface area contributed by atoms with Crippen LogP contribution in [0.3, 0.4) is 0 Å². The maximum atomic E-state index is 14.0. The number of ketones is 2. The molecule has 3 atom stereocenters. The van der Waals surface area contributed by atoms with Crippen LogP contribution in [0.4, 0.5) is 0 Å². The number of nitrogens with zero attached hydrogens (tertiary/aromatic N) is 1. The van der Waals surface area contributed by atoms with E-state index in [1.54, 1.807) is 31.2 Å². The second-order valence-corrected chi connectivity index (χ2v) is 12.1. The van der Waals surface area contributed by atoms with Crippen LogP contribution < -0.4 is 15.9 Å². The Balaban J connectivity index is 2.39. The fraction of sp³-hybridized carbons (Fsp3) is 0.567. The van der Waals surface area contributed by atoms with Crippen molar-refractivity contribution in [3.63, 3.8) is 0 Å². The first-order valence-electron chi connectivity index (χ1n) is 14.8. The third-order valence-corrected chi connectivity index (χ3v) is 7.71. The second-order valence-electron chi connectivity index (χ2n) is 10.9. The number of Topliss-reactive ketones (excluding diaryl/α,β-unsaturated/α-hetero) is 2. The predicted octanol–water partition coefficient (Wildman–Crippen LogP) is 3.53. The molecule has 0 spiro atoms. The zero-order valence-electron chi connectivity index (χ0n) is 26.1. The first-order valence-corrected chi connectivity index (χ1v) is 16.4. The number of rotatable bonds is 21. The fourth-order valence-electron chi connectivity index (χ4n) is 4.51. The van der Waals surface area contributed by atoms with Crippen molar-refractivity contribution in [1.29, 1.82) is 0 Å². The van der Waals surface area contributed by atoms with Gasteiger partial charge in [0, 0.05) is 25.2 Å². The van der Waals surface area contributed by atoms with Crippen LogP contribution >= 0.6 is 7.82 Å². The van der Waals surface area contributed by atoms with Gasteiger partial charge in [0.15, 0.2) is 11.5 Å². The van der Waals surface area contributed by atoms with Gasteiger partial charge in [0.1, 0.15) is 31.1 Å². The molecule has 2 rings (SSSR count). The molecule has 1 aromatic carbocycles. The molecule has 45 heavy (non-hydrogen) atoms. The first-order chi connectivity index (χ1) is 21.2. The Bertz CT molecular complexity index is 1360. The number of ether oxygens (including phenoxy) is 1. The van der Waals surface area contributed by atoms with Gasteiger partial charge in [-0.2, -0.15) is 0 Å². The Morgan fingerprint density at radius 1 is 1.09 bits per heavy atom. The Labute approximate surface area is 261 Å². The summed E-state index contributed by atoms with van der Waals surface area (Å²) in [5.74, 6) is -3.11. The number of carbonyl (C=O) groups is 4.